The second kappa shape index (κ2) is 8.43. The van der Waals surface area contributed by atoms with Crippen molar-refractivity contribution in [3.63, 3.8) is 0 Å². The number of benzene rings is 2. The Kier molecular flexibility index (Phi) is 6.29. The topological polar surface area (TPSA) is 90.7 Å². The van der Waals surface area contributed by atoms with Crippen molar-refractivity contribution in [3.8, 4) is 11.5 Å². The quantitative estimate of drug-likeness (QED) is 0.569. The molecule has 0 bridgehead atoms. The summed E-state index contributed by atoms with van der Waals surface area (Å²) in [6.07, 6.45) is 0. The van der Waals surface area contributed by atoms with Gasteiger partial charge in [0, 0.05) is 17.3 Å². The van der Waals surface area contributed by atoms with Gasteiger partial charge in [0.05, 0.1) is 9.95 Å². The SMILES string of the molecule is Cc1cc(OCC(=O)Nc2ccc(OC(F)F)c(Cl)c2)ccc1[N+](=O)[O-]. The molecule has 26 heavy (non-hydrogen) atoms. The summed E-state index contributed by atoms with van der Waals surface area (Å²) in [5.74, 6) is -0.446. The fourth-order valence-corrected chi connectivity index (χ4v) is 2.26. The lowest BCUT2D eigenvalue weighted by atomic mass is 10.2. The zero-order valence-electron chi connectivity index (χ0n) is 13.4. The minimum absolute atomic E-state index is 0.0532. The number of amides is 1. The van der Waals surface area contributed by atoms with Crippen LogP contribution in [-0.2, 0) is 4.79 Å². The smallest absolute Gasteiger partial charge is 0.387 e. The van der Waals surface area contributed by atoms with Gasteiger partial charge in [-0.15, -0.1) is 0 Å². The highest BCUT2D eigenvalue weighted by molar-refractivity contribution is 6.32. The molecule has 1 amide bonds. The van der Waals surface area contributed by atoms with Crippen LogP contribution in [0.4, 0.5) is 20.2 Å². The first-order chi connectivity index (χ1) is 12.3. The van der Waals surface area contributed by atoms with Crippen LogP contribution >= 0.6 is 11.6 Å². The van der Waals surface area contributed by atoms with Gasteiger partial charge in [-0.05, 0) is 37.3 Å². The first-order valence-corrected chi connectivity index (χ1v) is 7.56. The molecule has 0 radical (unpaired) electrons. The molecule has 2 aromatic rings. The average molecular weight is 387 g/mol. The number of aryl methyl sites for hydroxylation is 1. The van der Waals surface area contributed by atoms with E-state index in [9.17, 15) is 23.7 Å². The molecule has 138 valence electrons. The zero-order valence-corrected chi connectivity index (χ0v) is 14.1. The third-order valence-corrected chi connectivity index (χ3v) is 3.46. The summed E-state index contributed by atoms with van der Waals surface area (Å²) in [4.78, 5) is 22.1. The van der Waals surface area contributed by atoms with Crippen LogP contribution in [0.3, 0.4) is 0 Å². The van der Waals surface area contributed by atoms with Gasteiger partial charge in [-0.2, -0.15) is 8.78 Å². The normalized spacial score (nSPS) is 10.5. The number of rotatable bonds is 7. The van der Waals surface area contributed by atoms with Gasteiger partial charge in [0.2, 0.25) is 0 Å². The third-order valence-electron chi connectivity index (χ3n) is 3.17. The maximum absolute atomic E-state index is 12.2. The Morgan fingerprint density at radius 2 is 2.04 bits per heavy atom. The van der Waals surface area contributed by atoms with E-state index in [0.717, 1.165) is 0 Å². The van der Waals surface area contributed by atoms with E-state index in [-0.39, 0.29) is 28.8 Å². The van der Waals surface area contributed by atoms with Crippen molar-refractivity contribution < 1.29 is 28.0 Å². The number of nitrogens with one attached hydrogen (secondary N) is 1. The van der Waals surface area contributed by atoms with Crippen LogP contribution in [0.5, 0.6) is 11.5 Å². The largest absolute Gasteiger partial charge is 0.484 e. The lowest BCUT2D eigenvalue weighted by Gasteiger charge is -2.10. The number of nitrogens with zero attached hydrogens (tertiary/aromatic N) is 1. The van der Waals surface area contributed by atoms with Crippen LogP contribution in [-0.4, -0.2) is 24.0 Å². The highest BCUT2D eigenvalue weighted by atomic mass is 35.5. The van der Waals surface area contributed by atoms with E-state index in [2.05, 4.69) is 10.1 Å². The molecule has 10 heteroatoms. The first kappa shape index (κ1) is 19.4. The number of halogens is 3. The van der Waals surface area contributed by atoms with E-state index < -0.39 is 17.4 Å². The summed E-state index contributed by atoms with van der Waals surface area (Å²) in [7, 11) is 0. The number of nitro benzene ring substituents is 1. The molecule has 0 aliphatic rings. The highest BCUT2D eigenvalue weighted by Crippen LogP contribution is 2.29. The van der Waals surface area contributed by atoms with Gasteiger partial charge in [-0.1, -0.05) is 11.6 Å². The van der Waals surface area contributed by atoms with Crippen molar-refractivity contribution in [2.45, 2.75) is 13.5 Å². The maximum atomic E-state index is 12.2. The number of hydrogen-bond acceptors (Lipinski definition) is 5. The van der Waals surface area contributed by atoms with Gasteiger partial charge in [0.15, 0.2) is 6.61 Å². The molecule has 2 aromatic carbocycles. The van der Waals surface area contributed by atoms with Crippen molar-refractivity contribution in [1.29, 1.82) is 0 Å². The molecule has 0 saturated carbocycles. The van der Waals surface area contributed by atoms with Gasteiger partial charge in [0.25, 0.3) is 11.6 Å². The Morgan fingerprint density at radius 1 is 1.31 bits per heavy atom. The van der Waals surface area contributed by atoms with Crippen LogP contribution in [0, 0.1) is 17.0 Å². The molecule has 0 saturated heterocycles. The molecule has 7 nitrogen and oxygen atoms in total. The Bertz CT molecular complexity index is 832. The van der Waals surface area contributed by atoms with Gasteiger partial charge >= 0.3 is 6.61 Å². The van der Waals surface area contributed by atoms with Crippen LogP contribution in [0.25, 0.3) is 0 Å². The minimum Gasteiger partial charge on any atom is -0.484 e. The lowest BCUT2D eigenvalue weighted by Crippen LogP contribution is -2.20. The second-order valence-corrected chi connectivity index (χ2v) is 5.47. The van der Waals surface area contributed by atoms with Crippen molar-refractivity contribution >= 4 is 28.9 Å². The molecule has 0 atom stereocenters. The zero-order chi connectivity index (χ0) is 19.3. The summed E-state index contributed by atoms with van der Waals surface area (Å²) >= 11 is 5.79. The van der Waals surface area contributed by atoms with Crippen LogP contribution in [0.1, 0.15) is 5.56 Å². The molecular weight excluding hydrogens is 374 g/mol. The molecule has 1 N–H and O–H groups in total. The Hall–Kier alpha value is -2.94. The maximum Gasteiger partial charge on any atom is 0.387 e. The summed E-state index contributed by atoms with van der Waals surface area (Å²) in [5.41, 5.74) is 0.613. The monoisotopic (exact) mass is 386 g/mol. The number of nitro groups is 1. The Balaban J connectivity index is 1.94. The molecule has 0 heterocycles. The van der Waals surface area contributed by atoms with Gasteiger partial charge in [0.1, 0.15) is 11.5 Å². The van der Waals surface area contributed by atoms with Gasteiger partial charge in [-0.3, -0.25) is 14.9 Å². The highest BCUT2D eigenvalue weighted by Gasteiger charge is 2.13. The van der Waals surface area contributed by atoms with E-state index in [4.69, 9.17) is 16.3 Å². The van der Waals surface area contributed by atoms with E-state index in [1.165, 1.54) is 36.4 Å². The summed E-state index contributed by atoms with van der Waals surface area (Å²) in [6, 6.07) is 7.91. The molecular formula is C16H13ClF2N2O5. The second-order valence-electron chi connectivity index (χ2n) is 5.07. The number of ether oxygens (including phenoxy) is 2. The fraction of sp³-hybridized carbons (Fsp3) is 0.188. The van der Waals surface area contributed by atoms with Crippen molar-refractivity contribution in [2.75, 3.05) is 11.9 Å². The van der Waals surface area contributed by atoms with Gasteiger partial charge in [-0.25, -0.2) is 0 Å². The van der Waals surface area contributed by atoms with Crippen LogP contribution < -0.4 is 14.8 Å². The number of carbonyl (C=O) groups is 1. The molecule has 0 aliphatic heterocycles. The van der Waals surface area contributed by atoms with Crippen molar-refractivity contribution in [2.24, 2.45) is 0 Å². The van der Waals surface area contributed by atoms with Crippen molar-refractivity contribution in [1.82, 2.24) is 0 Å². The number of alkyl halides is 2. The Labute approximate surface area is 151 Å². The first-order valence-electron chi connectivity index (χ1n) is 7.18. The lowest BCUT2D eigenvalue weighted by molar-refractivity contribution is -0.385. The fourth-order valence-electron chi connectivity index (χ4n) is 2.04. The molecule has 0 spiro atoms. The average Bonchev–Trinajstić information content (AvgIpc) is 2.55. The number of hydrogen-bond donors (Lipinski definition) is 1. The molecule has 0 fully saturated rings. The van der Waals surface area contributed by atoms with E-state index in [1.54, 1.807) is 6.92 Å². The summed E-state index contributed by atoms with van der Waals surface area (Å²) < 4.78 is 33.8. The van der Waals surface area contributed by atoms with Crippen LogP contribution in [0.15, 0.2) is 36.4 Å². The van der Waals surface area contributed by atoms with E-state index in [1.807, 2.05) is 0 Å². The number of anilines is 1. The van der Waals surface area contributed by atoms with Crippen LogP contribution in [0.2, 0.25) is 5.02 Å². The Morgan fingerprint density at radius 3 is 2.62 bits per heavy atom. The molecule has 2 rings (SSSR count). The predicted octanol–water partition coefficient (Wildman–Crippen LogP) is 4.18. The van der Waals surface area contributed by atoms with E-state index >= 15 is 0 Å². The minimum atomic E-state index is -3.01. The standard InChI is InChI=1S/C16H13ClF2N2O5/c1-9-6-11(3-4-13(9)21(23)24)25-8-15(22)20-10-2-5-14(12(17)7-10)26-16(18)19/h2-7,16H,8H2,1H3,(H,20,22). The molecule has 0 aromatic heterocycles. The van der Waals surface area contributed by atoms with Gasteiger partial charge < -0.3 is 14.8 Å². The molecule has 0 aliphatic carbocycles. The number of carbonyl (C=O) groups excluding carboxylic acids is 1. The predicted molar refractivity (Wildman–Crippen MR) is 90.0 cm³/mol. The summed E-state index contributed by atoms with van der Waals surface area (Å²) in [5, 5.41) is 13.1. The van der Waals surface area contributed by atoms with Crippen molar-refractivity contribution in [3.05, 3.63) is 57.1 Å². The summed E-state index contributed by atoms with van der Waals surface area (Å²) in [6.45, 7) is -1.81. The molecule has 0 unspecified atom stereocenters. The third kappa shape index (κ3) is 5.28. The van der Waals surface area contributed by atoms with E-state index in [0.29, 0.717) is 11.3 Å².